The van der Waals surface area contributed by atoms with Gasteiger partial charge in [-0.1, -0.05) is 0 Å². The number of nitrogens with one attached hydrogen (secondary N) is 2. The summed E-state index contributed by atoms with van der Waals surface area (Å²) < 4.78 is 6.06. The molecule has 0 bridgehead atoms. The molecule has 1 unspecified atom stereocenters. The summed E-state index contributed by atoms with van der Waals surface area (Å²) in [5.74, 6) is -0.679. The number of aromatic amines is 1. The average molecular weight is 443 g/mol. The molecule has 3 rings (SSSR count). The fourth-order valence-corrected chi connectivity index (χ4v) is 5.43. The van der Waals surface area contributed by atoms with Crippen LogP contribution in [0.5, 0.6) is 0 Å². The Bertz CT molecular complexity index is 982. The minimum absolute atomic E-state index is 0.166. The third kappa shape index (κ3) is 4.64. The maximum atomic E-state index is 12.2. The van der Waals surface area contributed by atoms with Crippen LogP contribution in [-0.4, -0.2) is 45.0 Å². The van der Waals surface area contributed by atoms with Crippen LogP contribution in [0.1, 0.15) is 23.6 Å². The van der Waals surface area contributed by atoms with E-state index in [1.165, 1.54) is 19.6 Å². The number of rotatable bonds is 7. The van der Waals surface area contributed by atoms with Gasteiger partial charge in [0.05, 0.1) is 0 Å². The van der Waals surface area contributed by atoms with Crippen molar-refractivity contribution in [3.05, 3.63) is 65.2 Å². The molecule has 0 spiro atoms. The van der Waals surface area contributed by atoms with Crippen molar-refractivity contribution >= 4 is 42.3 Å². The van der Waals surface area contributed by atoms with E-state index in [1.807, 2.05) is 24.3 Å². The number of aromatic nitrogens is 1. The van der Waals surface area contributed by atoms with Crippen LogP contribution in [0.15, 0.2) is 48.5 Å². The Morgan fingerprint density at radius 3 is 2.57 bits per heavy atom. The Labute approximate surface area is 171 Å². The van der Waals surface area contributed by atoms with Crippen molar-refractivity contribution in [2.75, 3.05) is 7.11 Å². The van der Waals surface area contributed by atoms with E-state index in [4.69, 9.17) is 4.74 Å². The topological polar surface area (TPSA) is 71.2 Å². The molecule has 0 aliphatic rings. The number of hydrogen-bond donors (Lipinski definition) is 2. The van der Waals surface area contributed by atoms with Crippen molar-refractivity contribution in [3.8, 4) is 0 Å². The quantitative estimate of drug-likeness (QED) is 0.435. The van der Waals surface area contributed by atoms with Gasteiger partial charge >= 0.3 is 171 Å². The standard InChI is InChI=1S/C22H24N2O3Se/c1-14-8-7-11-17-18(12-19(22(26)27-3)23-15(2)25)21(24-20(14)17)28-13-16-9-5-4-6-10-16/h4-11,19,24H,12-13H2,1-3H3,(H,23,25). The molecular weight excluding hydrogens is 419 g/mol. The molecule has 0 aliphatic carbocycles. The monoisotopic (exact) mass is 444 g/mol. The Balaban J connectivity index is 1.96. The Morgan fingerprint density at radius 2 is 1.89 bits per heavy atom. The van der Waals surface area contributed by atoms with Crippen LogP contribution in [0.4, 0.5) is 0 Å². The summed E-state index contributed by atoms with van der Waals surface area (Å²) >= 11 is 0.166. The summed E-state index contributed by atoms with van der Waals surface area (Å²) in [6.45, 7) is 3.48. The molecule has 146 valence electrons. The SMILES string of the molecule is COC(=O)C(Cc1c([Se]Cc2ccccc2)[nH]c2c(C)cccc12)NC(C)=O. The number of fused-ring (bicyclic) bond motifs is 1. The number of ether oxygens (including phenoxy) is 1. The normalized spacial score (nSPS) is 12.0. The van der Waals surface area contributed by atoms with Crippen LogP contribution < -0.4 is 9.91 Å². The molecule has 1 heterocycles. The van der Waals surface area contributed by atoms with Gasteiger partial charge in [-0.15, -0.1) is 0 Å². The van der Waals surface area contributed by atoms with Crippen molar-refractivity contribution in [3.63, 3.8) is 0 Å². The molecule has 0 saturated heterocycles. The molecule has 2 aromatic carbocycles. The van der Waals surface area contributed by atoms with E-state index in [1.54, 1.807) is 0 Å². The molecule has 0 radical (unpaired) electrons. The first-order valence-corrected chi connectivity index (χ1v) is 11.2. The molecule has 0 fully saturated rings. The fraction of sp³-hybridized carbons (Fsp3) is 0.273. The number of hydrogen-bond acceptors (Lipinski definition) is 3. The molecule has 1 aromatic heterocycles. The van der Waals surface area contributed by atoms with Gasteiger partial charge in [-0.3, -0.25) is 0 Å². The van der Waals surface area contributed by atoms with E-state index in [0.29, 0.717) is 6.42 Å². The Morgan fingerprint density at radius 1 is 1.14 bits per heavy atom. The van der Waals surface area contributed by atoms with E-state index in [9.17, 15) is 9.59 Å². The second-order valence-electron chi connectivity index (χ2n) is 6.68. The second kappa shape index (κ2) is 9.09. The van der Waals surface area contributed by atoms with Gasteiger partial charge in [0.15, 0.2) is 0 Å². The first kappa shape index (κ1) is 20.2. The fourth-order valence-electron chi connectivity index (χ4n) is 3.24. The van der Waals surface area contributed by atoms with Gasteiger partial charge < -0.3 is 0 Å². The predicted octanol–water partition coefficient (Wildman–Crippen LogP) is 2.23. The molecule has 2 N–H and O–H groups in total. The molecule has 6 heteroatoms. The van der Waals surface area contributed by atoms with Crippen molar-refractivity contribution in [2.45, 2.75) is 31.6 Å². The van der Waals surface area contributed by atoms with Gasteiger partial charge in [-0.25, -0.2) is 0 Å². The van der Waals surface area contributed by atoms with Crippen molar-refractivity contribution < 1.29 is 14.3 Å². The summed E-state index contributed by atoms with van der Waals surface area (Å²) in [5, 5.41) is 4.78. The summed E-state index contributed by atoms with van der Waals surface area (Å²) in [5.41, 5.74) is 4.62. The van der Waals surface area contributed by atoms with Crippen molar-refractivity contribution in [1.29, 1.82) is 0 Å². The van der Waals surface area contributed by atoms with E-state index < -0.39 is 12.0 Å². The summed E-state index contributed by atoms with van der Waals surface area (Å²) in [6.07, 6.45) is 0.404. The van der Waals surface area contributed by atoms with E-state index in [-0.39, 0.29) is 20.9 Å². The number of amides is 1. The molecular formula is C22H24N2O3Se. The number of carbonyl (C=O) groups excluding carboxylic acids is 2. The zero-order valence-electron chi connectivity index (χ0n) is 16.2. The van der Waals surface area contributed by atoms with Gasteiger partial charge in [-0.05, 0) is 0 Å². The van der Waals surface area contributed by atoms with E-state index in [2.05, 4.69) is 41.5 Å². The van der Waals surface area contributed by atoms with Gasteiger partial charge in [0, 0.05) is 0 Å². The van der Waals surface area contributed by atoms with Crippen LogP contribution in [0.3, 0.4) is 0 Å². The van der Waals surface area contributed by atoms with Crippen LogP contribution in [0, 0.1) is 6.92 Å². The summed E-state index contributed by atoms with van der Waals surface area (Å²) in [6, 6.07) is 15.8. The molecule has 1 atom stereocenters. The second-order valence-corrected chi connectivity index (χ2v) is 8.75. The van der Waals surface area contributed by atoms with Gasteiger partial charge in [0.1, 0.15) is 0 Å². The number of H-pyrrole nitrogens is 1. The molecule has 0 saturated carbocycles. The van der Waals surface area contributed by atoms with Gasteiger partial charge in [0.2, 0.25) is 0 Å². The van der Waals surface area contributed by atoms with Crippen molar-refractivity contribution in [1.82, 2.24) is 10.3 Å². The number of aryl methyl sites for hydroxylation is 1. The minimum atomic E-state index is -0.701. The number of esters is 1. The zero-order valence-corrected chi connectivity index (χ0v) is 18.0. The molecule has 5 nitrogen and oxygen atoms in total. The number of para-hydroxylation sites is 1. The summed E-state index contributed by atoms with van der Waals surface area (Å²) in [7, 11) is 1.34. The third-order valence-electron chi connectivity index (χ3n) is 4.61. The molecule has 1 amide bonds. The first-order valence-electron chi connectivity index (χ1n) is 9.11. The Kier molecular flexibility index (Phi) is 6.55. The van der Waals surface area contributed by atoms with Crippen LogP contribution >= 0.6 is 0 Å². The molecule has 3 aromatic rings. The number of carbonyl (C=O) groups is 2. The number of methoxy groups -OCH3 is 1. The maximum absolute atomic E-state index is 12.2. The zero-order chi connectivity index (χ0) is 20.1. The van der Waals surface area contributed by atoms with Gasteiger partial charge in [0.25, 0.3) is 0 Å². The van der Waals surface area contributed by atoms with Gasteiger partial charge in [-0.2, -0.15) is 0 Å². The molecule has 28 heavy (non-hydrogen) atoms. The van der Waals surface area contributed by atoms with Crippen LogP contribution in [-0.2, 0) is 26.1 Å². The van der Waals surface area contributed by atoms with E-state index >= 15 is 0 Å². The molecule has 0 aliphatic heterocycles. The predicted molar refractivity (Wildman–Crippen MR) is 112 cm³/mol. The number of benzene rings is 2. The first-order chi connectivity index (χ1) is 13.5. The summed E-state index contributed by atoms with van der Waals surface area (Å²) in [4.78, 5) is 27.4. The van der Waals surface area contributed by atoms with Crippen molar-refractivity contribution in [2.24, 2.45) is 0 Å². The average Bonchev–Trinajstić information content (AvgIpc) is 3.04. The van der Waals surface area contributed by atoms with E-state index in [0.717, 1.165) is 31.9 Å². The van der Waals surface area contributed by atoms with Crippen LogP contribution in [0.25, 0.3) is 10.9 Å². The van der Waals surface area contributed by atoms with Crippen LogP contribution in [0.2, 0.25) is 0 Å². The third-order valence-corrected chi connectivity index (χ3v) is 6.95. The Hall–Kier alpha value is -2.56.